The minimum atomic E-state index is 0.0889. The predicted octanol–water partition coefficient (Wildman–Crippen LogP) is 2.72. The van der Waals surface area contributed by atoms with Gasteiger partial charge in [-0.05, 0) is 67.6 Å². The van der Waals surface area contributed by atoms with Crippen LogP contribution in [0, 0.1) is 0 Å². The number of hydrogen-bond donors (Lipinski definition) is 1. The molecule has 0 bridgehead atoms. The van der Waals surface area contributed by atoms with Crippen molar-refractivity contribution in [2.45, 2.75) is 20.0 Å². The third kappa shape index (κ3) is 4.59. The first-order chi connectivity index (χ1) is 8.58. The van der Waals surface area contributed by atoms with E-state index >= 15 is 0 Å². The van der Waals surface area contributed by atoms with Crippen molar-refractivity contribution in [3.8, 4) is 0 Å². The maximum Gasteiger partial charge on any atom is 0.0682 e. The highest BCUT2D eigenvalue weighted by Crippen LogP contribution is 2.27. The van der Waals surface area contributed by atoms with Crippen LogP contribution in [0.4, 0.5) is 5.69 Å². The van der Waals surface area contributed by atoms with Crippen LogP contribution in [0.1, 0.15) is 18.9 Å². The van der Waals surface area contributed by atoms with Gasteiger partial charge in [0.2, 0.25) is 0 Å². The van der Waals surface area contributed by atoms with Crippen molar-refractivity contribution in [1.29, 1.82) is 0 Å². The van der Waals surface area contributed by atoms with Crippen LogP contribution in [0.15, 0.2) is 22.7 Å². The lowest BCUT2D eigenvalue weighted by molar-refractivity contribution is 0.282. The number of anilines is 1. The Kier molecular flexibility index (Phi) is 6.68. The topological polar surface area (TPSA) is 26.7 Å². The molecule has 3 nitrogen and oxygen atoms in total. The van der Waals surface area contributed by atoms with Gasteiger partial charge in [-0.15, -0.1) is 0 Å². The standard InChI is InChI=1S/C14H23BrN2O/c1-4-17(9-5-8-16(2)3)14-7-6-12(11-18)10-13(14)15/h6-7,10,18H,4-5,8-9,11H2,1-3H3. The highest BCUT2D eigenvalue weighted by Gasteiger charge is 2.08. The quantitative estimate of drug-likeness (QED) is 0.838. The molecule has 0 spiro atoms. The second-order valence-corrected chi connectivity index (χ2v) is 5.53. The van der Waals surface area contributed by atoms with Gasteiger partial charge in [-0.25, -0.2) is 0 Å². The van der Waals surface area contributed by atoms with Gasteiger partial charge in [0.1, 0.15) is 0 Å². The summed E-state index contributed by atoms with van der Waals surface area (Å²) in [5, 5.41) is 9.11. The van der Waals surface area contributed by atoms with Crippen LogP contribution in [0.5, 0.6) is 0 Å². The molecule has 1 aromatic carbocycles. The van der Waals surface area contributed by atoms with E-state index in [2.05, 4.69) is 52.8 Å². The first-order valence-corrected chi connectivity index (χ1v) is 7.16. The number of rotatable bonds is 7. The van der Waals surface area contributed by atoms with Gasteiger partial charge in [-0.2, -0.15) is 0 Å². The van der Waals surface area contributed by atoms with Gasteiger partial charge in [0.05, 0.1) is 12.3 Å². The molecule has 102 valence electrons. The first kappa shape index (κ1) is 15.5. The third-order valence-electron chi connectivity index (χ3n) is 2.95. The molecule has 0 amide bonds. The molecule has 18 heavy (non-hydrogen) atoms. The van der Waals surface area contributed by atoms with Gasteiger partial charge in [-0.3, -0.25) is 0 Å². The Balaban J connectivity index is 2.69. The van der Waals surface area contributed by atoms with Gasteiger partial charge >= 0.3 is 0 Å². The second-order valence-electron chi connectivity index (χ2n) is 4.68. The van der Waals surface area contributed by atoms with Crippen molar-refractivity contribution in [2.24, 2.45) is 0 Å². The van der Waals surface area contributed by atoms with E-state index in [-0.39, 0.29) is 6.61 Å². The zero-order chi connectivity index (χ0) is 13.5. The van der Waals surface area contributed by atoms with E-state index in [0.29, 0.717) is 0 Å². The second kappa shape index (κ2) is 7.77. The number of aliphatic hydroxyl groups excluding tert-OH is 1. The molecule has 1 rings (SSSR count). The minimum absolute atomic E-state index is 0.0889. The van der Waals surface area contributed by atoms with Crippen LogP contribution in [0.3, 0.4) is 0 Å². The van der Waals surface area contributed by atoms with Gasteiger partial charge < -0.3 is 14.9 Å². The van der Waals surface area contributed by atoms with E-state index in [4.69, 9.17) is 5.11 Å². The molecule has 0 unspecified atom stereocenters. The van der Waals surface area contributed by atoms with Crippen molar-refractivity contribution in [1.82, 2.24) is 4.90 Å². The van der Waals surface area contributed by atoms with E-state index in [0.717, 1.165) is 36.1 Å². The Morgan fingerprint density at radius 2 is 1.94 bits per heavy atom. The molecule has 0 saturated heterocycles. The Labute approximate surface area is 119 Å². The van der Waals surface area contributed by atoms with Gasteiger partial charge in [0.25, 0.3) is 0 Å². The molecule has 0 heterocycles. The SMILES string of the molecule is CCN(CCCN(C)C)c1ccc(CO)cc1Br. The number of hydrogen-bond acceptors (Lipinski definition) is 3. The van der Waals surface area contributed by atoms with Crippen LogP contribution in [0.25, 0.3) is 0 Å². The number of aliphatic hydroxyl groups is 1. The normalized spacial score (nSPS) is 11.0. The molecule has 0 fully saturated rings. The highest BCUT2D eigenvalue weighted by atomic mass is 79.9. The molecule has 0 aliphatic carbocycles. The van der Waals surface area contributed by atoms with Crippen LogP contribution >= 0.6 is 15.9 Å². The summed E-state index contributed by atoms with van der Waals surface area (Å²) in [6, 6.07) is 6.05. The van der Waals surface area contributed by atoms with E-state index in [9.17, 15) is 0 Å². The Morgan fingerprint density at radius 1 is 1.22 bits per heavy atom. The first-order valence-electron chi connectivity index (χ1n) is 6.37. The Morgan fingerprint density at radius 3 is 2.44 bits per heavy atom. The van der Waals surface area contributed by atoms with Crippen molar-refractivity contribution in [3.63, 3.8) is 0 Å². The molecule has 0 saturated carbocycles. The van der Waals surface area contributed by atoms with E-state index in [1.165, 1.54) is 5.69 Å². The number of nitrogens with zero attached hydrogens (tertiary/aromatic N) is 2. The number of benzene rings is 1. The summed E-state index contributed by atoms with van der Waals surface area (Å²) >= 11 is 3.59. The molecule has 1 aromatic rings. The van der Waals surface area contributed by atoms with Crippen LogP contribution < -0.4 is 4.90 Å². The summed E-state index contributed by atoms with van der Waals surface area (Å²) in [6.45, 7) is 5.40. The van der Waals surface area contributed by atoms with E-state index < -0.39 is 0 Å². The molecule has 0 aromatic heterocycles. The fourth-order valence-electron chi connectivity index (χ4n) is 1.93. The largest absolute Gasteiger partial charge is 0.392 e. The van der Waals surface area contributed by atoms with Gasteiger partial charge in [-0.1, -0.05) is 6.07 Å². The van der Waals surface area contributed by atoms with Crippen LogP contribution in [-0.2, 0) is 6.61 Å². The maximum absolute atomic E-state index is 9.11. The van der Waals surface area contributed by atoms with Crippen molar-refractivity contribution in [3.05, 3.63) is 28.2 Å². The molecule has 4 heteroatoms. The van der Waals surface area contributed by atoms with Crippen molar-refractivity contribution in [2.75, 3.05) is 38.6 Å². The molecule has 0 aliphatic rings. The van der Waals surface area contributed by atoms with Crippen molar-refractivity contribution >= 4 is 21.6 Å². The van der Waals surface area contributed by atoms with Gasteiger partial charge in [0, 0.05) is 17.6 Å². The fraction of sp³-hybridized carbons (Fsp3) is 0.571. The summed E-state index contributed by atoms with van der Waals surface area (Å²) < 4.78 is 1.06. The lowest BCUT2D eigenvalue weighted by atomic mass is 10.2. The fourth-order valence-corrected chi connectivity index (χ4v) is 2.61. The minimum Gasteiger partial charge on any atom is -0.392 e. The van der Waals surface area contributed by atoms with Gasteiger partial charge in [0.15, 0.2) is 0 Å². The lowest BCUT2D eigenvalue weighted by Gasteiger charge is -2.25. The van der Waals surface area contributed by atoms with Crippen molar-refractivity contribution < 1.29 is 5.11 Å². The molecule has 1 N–H and O–H groups in total. The summed E-state index contributed by atoms with van der Waals surface area (Å²) in [4.78, 5) is 4.56. The van der Waals surface area contributed by atoms with E-state index in [1.807, 2.05) is 12.1 Å². The number of halogens is 1. The van der Waals surface area contributed by atoms with E-state index in [1.54, 1.807) is 0 Å². The Hall–Kier alpha value is -0.580. The molecular formula is C14H23BrN2O. The summed E-state index contributed by atoms with van der Waals surface area (Å²) in [5.41, 5.74) is 2.14. The van der Waals surface area contributed by atoms with Crippen LogP contribution in [-0.4, -0.2) is 43.7 Å². The third-order valence-corrected chi connectivity index (χ3v) is 3.59. The molecule has 0 radical (unpaired) electrons. The predicted molar refractivity (Wildman–Crippen MR) is 81.1 cm³/mol. The smallest absolute Gasteiger partial charge is 0.0682 e. The van der Waals surface area contributed by atoms with Crippen LogP contribution in [0.2, 0.25) is 0 Å². The summed E-state index contributed by atoms with van der Waals surface area (Å²) in [5.74, 6) is 0. The maximum atomic E-state index is 9.11. The highest BCUT2D eigenvalue weighted by molar-refractivity contribution is 9.10. The monoisotopic (exact) mass is 314 g/mol. The molecular weight excluding hydrogens is 292 g/mol. The lowest BCUT2D eigenvalue weighted by Crippen LogP contribution is -2.27. The average molecular weight is 315 g/mol. The molecule has 0 atom stereocenters. The average Bonchev–Trinajstić information content (AvgIpc) is 2.35. The Bertz CT molecular complexity index is 369. The zero-order valence-corrected chi connectivity index (χ0v) is 13.1. The zero-order valence-electron chi connectivity index (χ0n) is 11.5. The summed E-state index contributed by atoms with van der Waals surface area (Å²) in [6.07, 6.45) is 1.15. The molecule has 0 aliphatic heterocycles. The summed E-state index contributed by atoms with van der Waals surface area (Å²) in [7, 11) is 4.20.